The Kier molecular flexibility index (Phi) is 7.73. The van der Waals surface area contributed by atoms with Gasteiger partial charge in [0.1, 0.15) is 0 Å². The van der Waals surface area contributed by atoms with E-state index in [-0.39, 0.29) is 29.0 Å². The first-order chi connectivity index (χ1) is 16.7. The van der Waals surface area contributed by atoms with Crippen molar-refractivity contribution in [2.24, 2.45) is 5.92 Å². The molecule has 0 saturated carbocycles. The molecule has 0 spiro atoms. The second-order valence-electron chi connectivity index (χ2n) is 9.49. The highest BCUT2D eigenvalue weighted by Gasteiger charge is 2.35. The average Bonchev–Trinajstić information content (AvgIpc) is 3.35. The van der Waals surface area contributed by atoms with Gasteiger partial charge in [-0.2, -0.15) is 0 Å². The highest BCUT2D eigenvalue weighted by molar-refractivity contribution is 7.91. The number of aryl methyl sites for hydroxylation is 1. The number of carbonyl (C=O) groups excluding carboxylic acids is 1. The predicted molar refractivity (Wildman–Crippen MR) is 141 cm³/mol. The fourth-order valence-electron chi connectivity index (χ4n) is 4.53. The minimum atomic E-state index is -3.24. The van der Waals surface area contributed by atoms with Crippen LogP contribution in [-0.2, 0) is 34.0 Å². The zero-order chi connectivity index (χ0) is 25.2. The lowest BCUT2D eigenvalue weighted by molar-refractivity contribution is -0.115. The van der Waals surface area contributed by atoms with Gasteiger partial charge in [-0.05, 0) is 42.5 Å². The summed E-state index contributed by atoms with van der Waals surface area (Å²) in [5.41, 5.74) is 4.47. The van der Waals surface area contributed by atoms with Crippen LogP contribution in [0.15, 0.2) is 53.4 Å². The SMILES string of the molecule is CCS(=O)(=O)c1ccc(CC(=O)Nc2nc3c(s2)CN(CCc2ccc(C)cc2)[C@H]3C(C)C)cc1. The summed E-state index contributed by atoms with van der Waals surface area (Å²) in [4.78, 5) is 21.5. The van der Waals surface area contributed by atoms with Crippen LogP contribution in [0.3, 0.4) is 0 Å². The number of benzene rings is 2. The number of anilines is 1. The number of amides is 1. The van der Waals surface area contributed by atoms with Gasteiger partial charge in [0.05, 0.1) is 28.8 Å². The predicted octanol–water partition coefficient (Wildman–Crippen LogP) is 5.18. The van der Waals surface area contributed by atoms with Gasteiger partial charge < -0.3 is 5.32 Å². The molecule has 6 nitrogen and oxygen atoms in total. The Morgan fingerprint density at radius 1 is 1.11 bits per heavy atom. The van der Waals surface area contributed by atoms with Crippen molar-refractivity contribution in [2.75, 3.05) is 17.6 Å². The van der Waals surface area contributed by atoms with Crippen LogP contribution in [0.4, 0.5) is 5.13 Å². The minimum absolute atomic E-state index is 0.0578. The molecule has 8 heteroatoms. The number of nitrogens with zero attached hydrogens (tertiary/aromatic N) is 2. The third kappa shape index (κ3) is 6.00. The Bertz CT molecular complexity index is 1280. The molecule has 2 heterocycles. The van der Waals surface area contributed by atoms with E-state index in [0.717, 1.165) is 30.8 Å². The van der Waals surface area contributed by atoms with Crippen molar-refractivity contribution >= 4 is 32.2 Å². The third-order valence-electron chi connectivity index (χ3n) is 6.46. The van der Waals surface area contributed by atoms with Gasteiger partial charge in [-0.1, -0.05) is 62.7 Å². The van der Waals surface area contributed by atoms with E-state index in [1.807, 2.05) is 0 Å². The van der Waals surface area contributed by atoms with Crippen LogP contribution < -0.4 is 5.32 Å². The van der Waals surface area contributed by atoms with Crippen LogP contribution >= 0.6 is 11.3 Å². The molecular formula is C27H33N3O3S2. The summed E-state index contributed by atoms with van der Waals surface area (Å²) in [6.45, 7) is 9.99. The zero-order valence-corrected chi connectivity index (χ0v) is 22.4. The Hall–Kier alpha value is -2.55. The van der Waals surface area contributed by atoms with Gasteiger partial charge in [0.25, 0.3) is 0 Å². The molecule has 0 saturated heterocycles. The minimum Gasteiger partial charge on any atom is -0.302 e. The van der Waals surface area contributed by atoms with E-state index in [1.165, 1.54) is 16.0 Å². The molecule has 4 rings (SSSR count). The maximum Gasteiger partial charge on any atom is 0.230 e. The Labute approximate surface area is 212 Å². The van der Waals surface area contributed by atoms with E-state index < -0.39 is 9.84 Å². The van der Waals surface area contributed by atoms with Gasteiger partial charge >= 0.3 is 0 Å². The van der Waals surface area contributed by atoms with Crippen molar-refractivity contribution in [3.05, 3.63) is 75.8 Å². The van der Waals surface area contributed by atoms with E-state index in [2.05, 4.69) is 55.3 Å². The molecule has 2 aromatic carbocycles. The molecule has 0 unspecified atom stereocenters. The number of hydrogen-bond donors (Lipinski definition) is 1. The molecular weight excluding hydrogens is 478 g/mol. The van der Waals surface area contributed by atoms with Gasteiger partial charge in [0.2, 0.25) is 5.91 Å². The Balaban J connectivity index is 1.38. The summed E-state index contributed by atoms with van der Waals surface area (Å²) in [7, 11) is -3.24. The quantitative estimate of drug-likeness (QED) is 0.428. The molecule has 0 bridgehead atoms. The smallest absolute Gasteiger partial charge is 0.230 e. The molecule has 3 aromatic rings. The molecule has 186 valence electrons. The first kappa shape index (κ1) is 25.5. The number of hydrogen-bond acceptors (Lipinski definition) is 6. The highest BCUT2D eigenvalue weighted by Crippen LogP contribution is 2.42. The molecule has 1 amide bonds. The molecule has 1 aliphatic heterocycles. The van der Waals surface area contributed by atoms with Gasteiger partial charge in [0, 0.05) is 18.0 Å². The number of nitrogens with one attached hydrogen (secondary N) is 1. The zero-order valence-electron chi connectivity index (χ0n) is 20.7. The molecule has 1 N–H and O–H groups in total. The number of thiazole rings is 1. The van der Waals surface area contributed by atoms with Crippen LogP contribution in [-0.4, -0.2) is 36.5 Å². The van der Waals surface area contributed by atoms with E-state index in [4.69, 9.17) is 4.98 Å². The van der Waals surface area contributed by atoms with Crippen molar-refractivity contribution < 1.29 is 13.2 Å². The summed E-state index contributed by atoms with van der Waals surface area (Å²) in [6, 6.07) is 15.5. The number of aromatic nitrogens is 1. The van der Waals surface area contributed by atoms with E-state index in [0.29, 0.717) is 11.0 Å². The Morgan fingerprint density at radius 3 is 2.40 bits per heavy atom. The largest absolute Gasteiger partial charge is 0.302 e. The maximum absolute atomic E-state index is 12.6. The van der Waals surface area contributed by atoms with Crippen LogP contribution in [0, 0.1) is 12.8 Å². The van der Waals surface area contributed by atoms with Crippen molar-refractivity contribution in [3.63, 3.8) is 0 Å². The van der Waals surface area contributed by atoms with E-state index >= 15 is 0 Å². The van der Waals surface area contributed by atoms with Gasteiger partial charge in [0.15, 0.2) is 15.0 Å². The second-order valence-corrected chi connectivity index (χ2v) is 12.9. The summed E-state index contributed by atoms with van der Waals surface area (Å²) >= 11 is 1.55. The van der Waals surface area contributed by atoms with Crippen molar-refractivity contribution in [3.8, 4) is 0 Å². The number of fused-ring (bicyclic) bond motifs is 1. The fourth-order valence-corrected chi connectivity index (χ4v) is 6.46. The Morgan fingerprint density at radius 2 is 1.77 bits per heavy atom. The van der Waals surface area contributed by atoms with Crippen LogP contribution in [0.5, 0.6) is 0 Å². The molecule has 0 radical (unpaired) electrons. The van der Waals surface area contributed by atoms with Crippen LogP contribution in [0.2, 0.25) is 0 Å². The molecule has 0 fully saturated rings. The average molecular weight is 512 g/mol. The highest BCUT2D eigenvalue weighted by atomic mass is 32.2. The maximum atomic E-state index is 12.6. The first-order valence-electron chi connectivity index (χ1n) is 12.1. The van der Waals surface area contributed by atoms with Crippen molar-refractivity contribution in [1.82, 2.24) is 9.88 Å². The summed E-state index contributed by atoms with van der Waals surface area (Å²) in [6.07, 6.45) is 1.17. The van der Waals surface area contributed by atoms with Crippen molar-refractivity contribution in [2.45, 2.75) is 58.0 Å². The van der Waals surface area contributed by atoms with Gasteiger partial charge in [-0.15, -0.1) is 11.3 Å². The van der Waals surface area contributed by atoms with Gasteiger partial charge in [-0.25, -0.2) is 13.4 Å². The monoisotopic (exact) mass is 511 g/mol. The summed E-state index contributed by atoms with van der Waals surface area (Å²) in [5.74, 6) is 0.321. The standard InChI is InChI=1S/C27H33N3O3S2/c1-5-35(32,33)22-12-10-21(11-13-22)16-24(31)28-27-29-25-23(34-27)17-30(26(25)18(2)3)15-14-20-8-6-19(4)7-9-20/h6-13,18,26H,5,14-17H2,1-4H3,(H,28,29,31)/t26-/m0/s1. The number of rotatable bonds is 9. The summed E-state index contributed by atoms with van der Waals surface area (Å²) in [5, 5.41) is 3.58. The van der Waals surface area contributed by atoms with Crippen LogP contribution in [0.1, 0.15) is 54.1 Å². The van der Waals surface area contributed by atoms with E-state index in [9.17, 15) is 13.2 Å². The fraction of sp³-hybridized carbons (Fsp3) is 0.407. The van der Waals surface area contributed by atoms with Gasteiger partial charge in [-0.3, -0.25) is 9.69 Å². The molecule has 1 aromatic heterocycles. The van der Waals surface area contributed by atoms with Crippen molar-refractivity contribution in [1.29, 1.82) is 0 Å². The molecule has 1 atom stereocenters. The lowest BCUT2D eigenvalue weighted by Gasteiger charge is -2.27. The molecule has 1 aliphatic rings. The second kappa shape index (κ2) is 10.6. The molecule has 0 aliphatic carbocycles. The topological polar surface area (TPSA) is 79.4 Å². The number of sulfone groups is 1. The normalized spacial score (nSPS) is 16.0. The first-order valence-corrected chi connectivity index (χ1v) is 14.5. The van der Waals surface area contributed by atoms with E-state index in [1.54, 1.807) is 42.5 Å². The molecule has 35 heavy (non-hydrogen) atoms. The lowest BCUT2D eigenvalue weighted by atomic mass is 10.0. The number of carbonyl (C=O) groups is 1. The summed E-state index contributed by atoms with van der Waals surface area (Å²) < 4.78 is 24.0. The van der Waals surface area contributed by atoms with Crippen LogP contribution in [0.25, 0.3) is 0 Å². The lowest BCUT2D eigenvalue weighted by Crippen LogP contribution is -2.28. The third-order valence-corrected chi connectivity index (χ3v) is 9.18.